The molecule has 0 N–H and O–H groups in total. The number of ether oxygens (including phenoxy) is 3. The quantitative estimate of drug-likeness (QED) is 0.0977. The van der Waals surface area contributed by atoms with Crippen LogP contribution in [0.1, 0.15) is 99.3 Å². The lowest BCUT2D eigenvalue weighted by molar-refractivity contribution is 0.245. The molecule has 0 radical (unpaired) electrons. The van der Waals surface area contributed by atoms with Gasteiger partial charge in [-0.2, -0.15) is 0 Å². The van der Waals surface area contributed by atoms with Gasteiger partial charge in [0.15, 0.2) is 0 Å². The zero-order valence-electron chi connectivity index (χ0n) is 28.0. The molecule has 4 heteroatoms. The highest BCUT2D eigenvalue weighted by Gasteiger charge is 2.33. The fourth-order valence-electron chi connectivity index (χ4n) is 6.47. The molecular weight excluding hydrogens is 566 g/mol. The lowest BCUT2D eigenvalue weighted by Crippen LogP contribution is -2.27. The monoisotopic (exact) mass is 619 g/mol. The van der Waals surface area contributed by atoms with Crippen LogP contribution in [0.4, 0.5) is 0 Å². The SMILES string of the molecule is CCCCN(CCCC)CCCCCCOc1ccc([C@H]2c3ccc(OCc4ccccc4)cc3OC[C@H]2c2ccccc2)cc1. The van der Waals surface area contributed by atoms with Crippen LogP contribution in [0.3, 0.4) is 0 Å². The molecule has 4 nitrogen and oxygen atoms in total. The topological polar surface area (TPSA) is 30.9 Å². The predicted molar refractivity (Wildman–Crippen MR) is 190 cm³/mol. The molecule has 0 aliphatic carbocycles. The molecule has 2 atom stereocenters. The Labute approximate surface area is 277 Å². The zero-order valence-corrected chi connectivity index (χ0v) is 28.0. The van der Waals surface area contributed by atoms with Crippen LogP contribution in [-0.2, 0) is 6.61 Å². The maximum atomic E-state index is 6.39. The van der Waals surface area contributed by atoms with E-state index in [1.54, 1.807) is 0 Å². The third-order valence-corrected chi connectivity index (χ3v) is 9.15. The fraction of sp³-hybridized carbons (Fsp3) is 0.429. The second-order valence-electron chi connectivity index (χ2n) is 12.7. The first kappa shape index (κ1) is 33.6. The van der Waals surface area contributed by atoms with Gasteiger partial charge in [0.2, 0.25) is 0 Å². The summed E-state index contributed by atoms with van der Waals surface area (Å²) in [7, 11) is 0. The van der Waals surface area contributed by atoms with Crippen molar-refractivity contribution in [2.24, 2.45) is 0 Å². The van der Waals surface area contributed by atoms with Gasteiger partial charge in [-0.3, -0.25) is 0 Å². The molecule has 1 aliphatic heterocycles. The Balaban J connectivity index is 1.17. The predicted octanol–water partition coefficient (Wildman–Crippen LogP) is 10.4. The van der Waals surface area contributed by atoms with E-state index in [0.29, 0.717) is 13.2 Å². The van der Waals surface area contributed by atoms with Gasteiger partial charge in [-0.05, 0) is 80.2 Å². The van der Waals surface area contributed by atoms with Crippen LogP contribution >= 0.6 is 0 Å². The molecule has 0 saturated carbocycles. The Morgan fingerprint density at radius 3 is 2.00 bits per heavy atom. The number of fused-ring (bicyclic) bond motifs is 1. The highest BCUT2D eigenvalue weighted by atomic mass is 16.5. The highest BCUT2D eigenvalue weighted by molar-refractivity contribution is 5.51. The first-order chi connectivity index (χ1) is 22.7. The molecule has 0 fully saturated rings. The van der Waals surface area contributed by atoms with Crippen LogP contribution < -0.4 is 14.2 Å². The maximum Gasteiger partial charge on any atom is 0.126 e. The van der Waals surface area contributed by atoms with Crippen LogP contribution in [0.2, 0.25) is 0 Å². The summed E-state index contributed by atoms with van der Waals surface area (Å²) in [5.74, 6) is 3.08. The van der Waals surface area contributed by atoms with Crippen molar-refractivity contribution in [3.63, 3.8) is 0 Å². The number of hydrogen-bond acceptors (Lipinski definition) is 4. The Morgan fingerprint density at radius 1 is 0.630 bits per heavy atom. The van der Waals surface area contributed by atoms with Crippen molar-refractivity contribution >= 4 is 0 Å². The third kappa shape index (κ3) is 9.87. The van der Waals surface area contributed by atoms with E-state index in [2.05, 4.69) is 104 Å². The molecule has 0 spiro atoms. The van der Waals surface area contributed by atoms with Gasteiger partial charge < -0.3 is 19.1 Å². The molecule has 46 heavy (non-hydrogen) atoms. The van der Waals surface area contributed by atoms with Gasteiger partial charge in [-0.15, -0.1) is 0 Å². The van der Waals surface area contributed by atoms with Crippen molar-refractivity contribution in [1.29, 1.82) is 0 Å². The van der Waals surface area contributed by atoms with Crippen molar-refractivity contribution in [2.45, 2.75) is 83.7 Å². The van der Waals surface area contributed by atoms with Gasteiger partial charge in [0, 0.05) is 23.5 Å². The first-order valence-electron chi connectivity index (χ1n) is 17.7. The molecular formula is C42H53NO3. The smallest absolute Gasteiger partial charge is 0.126 e. The highest BCUT2D eigenvalue weighted by Crippen LogP contribution is 2.47. The van der Waals surface area contributed by atoms with E-state index in [4.69, 9.17) is 14.2 Å². The summed E-state index contributed by atoms with van der Waals surface area (Å²) in [5, 5.41) is 0. The van der Waals surface area contributed by atoms with Crippen LogP contribution in [0, 0.1) is 0 Å². The summed E-state index contributed by atoms with van der Waals surface area (Å²) in [6.45, 7) is 10.3. The van der Waals surface area contributed by atoms with Gasteiger partial charge in [-0.25, -0.2) is 0 Å². The Morgan fingerprint density at radius 2 is 1.28 bits per heavy atom. The van der Waals surface area contributed by atoms with Gasteiger partial charge in [0.1, 0.15) is 23.9 Å². The minimum Gasteiger partial charge on any atom is -0.494 e. The summed E-state index contributed by atoms with van der Waals surface area (Å²) in [5.41, 5.74) is 4.92. The molecule has 0 bridgehead atoms. The fourth-order valence-corrected chi connectivity index (χ4v) is 6.47. The Hall–Kier alpha value is -3.76. The van der Waals surface area contributed by atoms with E-state index in [0.717, 1.165) is 35.8 Å². The minimum absolute atomic E-state index is 0.178. The van der Waals surface area contributed by atoms with Crippen molar-refractivity contribution in [1.82, 2.24) is 4.90 Å². The summed E-state index contributed by atoms with van der Waals surface area (Å²) in [6, 6.07) is 36.1. The van der Waals surface area contributed by atoms with E-state index in [1.165, 1.54) is 81.3 Å². The maximum absolute atomic E-state index is 6.39. The van der Waals surface area contributed by atoms with E-state index >= 15 is 0 Å². The lowest BCUT2D eigenvalue weighted by atomic mass is 9.76. The Kier molecular flexibility index (Phi) is 13.4. The van der Waals surface area contributed by atoms with Crippen molar-refractivity contribution < 1.29 is 14.2 Å². The minimum atomic E-state index is 0.178. The molecule has 0 aromatic heterocycles. The molecule has 4 aromatic carbocycles. The molecule has 4 aromatic rings. The van der Waals surface area contributed by atoms with Gasteiger partial charge >= 0.3 is 0 Å². The van der Waals surface area contributed by atoms with E-state index in [9.17, 15) is 0 Å². The molecule has 5 rings (SSSR count). The number of unbranched alkanes of at least 4 members (excludes halogenated alkanes) is 5. The second kappa shape index (κ2) is 18.4. The first-order valence-corrected chi connectivity index (χ1v) is 17.7. The van der Waals surface area contributed by atoms with Crippen LogP contribution in [0.15, 0.2) is 103 Å². The van der Waals surface area contributed by atoms with Crippen molar-refractivity contribution in [3.05, 3.63) is 125 Å². The standard InChI is InChI=1S/C42H53NO3/c1-3-5-27-43(28-6-4-2)29-15-7-8-16-30-44-37-23-21-36(22-24-37)42-39-26-25-38(45-32-34-17-11-9-12-18-34)31-41(39)46-33-40(42)35-19-13-10-14-20-35/h9-14,17-26,31,40,42H,3-8,15-16,27-30,32-33H2,1-2H3/t40-,42-/m0/s1. The van der Waals surface area contributed by atoms with Gasteiger partial charge in [-0.1, -0.05) is 118 Å². The molecule has 0 amide bonds. The second-order valence-corrected chi connectivity index (χ2v) is 12.7. The van der Waals surface area contributed by atoms with Crippen LogP contribution in [0.5, 0.6) is 17.2 Å². The Bertz CT molecular complexity index is 1400. The van der Waals surface area contributed by atoms with Gasteiger partial charge in [0.25, 0.3) is 0 Å². The lowest BCUT2D eigenvalue weighted by Gasteiger charge is -2.34. The van der Waals surface area contributed by atoms with Crippen molar-refractivity contribution in [2.75, 3.05) is 32.8 Å². The number of nitrogens with zero attached hydrogens (tertiary/aromatic N) is 1. The van der Waals surface area contributed by atoms with E-state index in [1.807, 2.05) is 18.2 Å². The summed E-state index contributed by atoms with van der Waals surface area (Å²) < 4.78 is 18.7. The summed E-state index contributed by atoms with van der Waals surface area (Å²) in [6.07, 6.45) is 10.1. The number of benzene rings is 4. The molecule has 1 aliphatic rings. The molecule has 1 heterocycles. The number of hydrogen-bond donors (Lipinski definition) is 0. The van der Waals surface area contributed by atoms with Crippen molar-refractivity contribution in [3.8, 4) is 17.2 Å². The van der Waals surface area contributed by atoms with E-state index < -0.39 is 0 Å². The van der Waals surface area contributed by atoms with Crippen LogP contribution in [-0.4, -0.2) is 37.7 Å². The largest absolute Gasteiger partial charge is 0.494 e. The number of rotatable bonds is 19. The summed E-state index contributed by atoms with van der Waals surface area (Å²) >= 11 is 0. The molecule has 244 valence electrons. The third-order valence-electron chi connectivity index (χ3n) is 9.15. The van der Waals surface area contributed by atoms with E-state index in [-0.39, 0.29) is 11.8 Å². The van der Waals surface area contributed by atoms with Gasteiger partial charge in [0.05, 0.1) is 13.2 Å². The average Bonchev–Trinajstić information content (AvgIpc) is 3.11. The summed E-state index contributed by atoms with van der Waals surface area (Å²) in [4.78, 5) is 2.67. The molecule has 0 saturated heterocycles. The average molecular weight is 620 g/mol. The zero-order chi connectivity index (χ0) is 31.8. The van der Waals surface area contributed by atoms with Crippen LogP contribution in [0.25, 0.3) is 0 Å². The normalized spacial score (nSPS) is 15.7. The molecule has 0 unspecified atom stereocenters.